The largest absolute Gasteiger partial charge is 0.319 e. The van der Waals surface area contributed by atoms with Crippen LogP contribution >= 0.6 is 7.14 Å². The van der Waals surface area contributed by atoms with Gasteiger partial charge in [0.15, 0.2) is 5.82 Å². The van der Waals surface area contributed by atoms with Crippen molar-refractivity contribution in [3.8, 4) is 44.9 Å². The molecule has 0 aliphatic heterocycles. The summed E-state index contributed by atoms with van der Waals surface area (Å²) in [5.74, 6) is 0.720. The van der Waals surface area contributed by atoms with Crippen LogP contribution in [-0.2, 0) is 4.57 Å². The van der Waals surface area contributed by atoms with Crippen LogP contribution in [0.25, 0.3) is 66.6 Å². The topological polar surface area (TPSA) is 42.9 Å². The van der Waals surface area contributed by atoms with Crippen LogP contribution in [0, 0.1) is 0 Å². The molecule has 0 aliphatic rings. The minimum Gasteiger partial charge on any atom is -0.319 e. The fraction of sp³-hybridized carbons (Fsp3) is 0.0526. The standard InChI is InChI=1S/C38H29N2OP/c1-42(2,41)33-22-19-27(20-23-33)26-15-17-28(18-16-26)31-12-8-13-32(25-31)36-35-24-21-29-9-6-7-14-34(29)37(35)40-38(39-36)30-10-4-3-5-11-30/h3-25H,1-2H3. The molecule has 7 rings (SSSR count). The molecule has 4 heteroatoms. The Hall–Kier alpha value is -4.85. The first-order valence-electron chi connectivity index (χ1n) is 14.1. The molecule has 0 N–H and O–H groups in total. The van der Waals surface area contributed by atoms with E-state index < -0.39 is 7.14 Å². The molecule has 6 aromatic carbocycles. The molecule has 42 heavy (non-hydrogen) atoms. The van der Waals surface area contributed by atoms with E-state index in [0.717, 1.165) is 71.9 Å². The Labute approximate surface area is 245 Å². The molecule has 0 spiro atoms. The van der Waals surface area contributed by atoms with Gasteiger partial charge in [0.25, 0.3) is 0 Å². The second-order valence-electron chi connectivity index (χ2n) is 11.0. The van der Waals surface area contributed by atoms with Crippen molar-refractivity contribution in [1.29, 1.82) is 0 Å². The van der Waals surface area contributed by atoms with Gasteiger partial charge in [0.1, 0.15) is 7.14 Å². The molecule has 7 aromatic rings. The summed E-state index contributed by atoms with van der Waals surface area (Å²) >= 11 is 0. The van der Waals surface area contributed by atoms with Crippen molar-refractivity contribution in [3.05, 3.63) is 140 Å². The van der Waals surface area contributed by atoms with Crippen LogP contribution < -0.4 is 5.30 Å². The van der Waals surface area contributed by atoms with Crippen molar-refractivity contribution in [2.45, 2.75) is 0 Å². The first-order chi connectivity index (χ1) is 20.4. The predicted octanol–water partition coefficient (Wildman–Crippen LogP) is 9.70. The quantitative estimate of drug-likeness (QED) is 0.155. The van der Waals surface area contributed by atoms with Gasteiger partial charge >= 0.3 is 0 Å². The molecule has 0 saturated heterocycles. The number of hydrogen-bond donors (Lipinski definition) is 0. The predicted molar refractivity (Wildman–Crippen MR) is 178 cm³/mol. The van der Waals surface area contributed by atoms with Crippen molar-refractivity contribution < 1.29 is 4.57 Å². The van der Waals surface area contributed by atoms with Gasteiger partial charge in [0.05, 0.1) is 11.2 Å². The highest BCUT2D eigenvalue weighted by Crippen LogP contribution is 2.36. The van der Waals surface area contributed by atoms with Gasteiger partial charge in [-0.25, -0.2) is 9.97 Å². The van der Waals surface area contributed by atoms with E-state index >= 15 is 0 Å². The highest BCUT2D eigenvalue weighted by Gasteiger charge is 2.15. The summed E-state index contributed by atoms with van der Waals surface area (Å²) in [6.45, 7) is 3.61. The van der Waals surface area contributed by atoms with E-state index in [1.54, 1.807) is 13.3 Å². The molecule has 1 heterocycles. The molecule has 0 fully saturated rings. The summed E-state index contributed by atoms with van der Waals surface area (Å²) < 4.78 is 12.4. The lowest BCUT2D eigenvalue weighted by atomic mass is 9.96. The van der Waals surface area contributed by atoms with Gasteiger partial charge in [0, 0.05) is 27.2 Å². The molecule has 0 atom stereocenters. The number of benzene rings is 6. The van der Waals surface area contributed by atoms with Crippen LogP contribution in [-0.4, -0.2) is 23.3 Å². The van der Waals surface area contributed by atoms with Crippen LogP contribution in [0.3, 0.4) is 0 Å². The van der Waals surface area contributed by atoms with E-state index in [2.05, 4.69) is 109 Å². The summed E-state index contributed by atoms with van der Waals surface area (Å²) in [5, 5.41) is 4.22. The zero-order valence-electron chi connectivity index (χ0n) is 23.5. The van der Waals surface area contributed by atoms with E-state index in [9.17, 15) is 4.57 Å². The highest BCUT2D eigenvalue weighted by molar-refractivity contribution is 7.70. The van der Waals surface area contributed by atoms with Gasteiger partial charge < -0.3 is 4.57 Å². The van der Waals surface area contributed by atoms with E-state index in [0.29, 0.717) is 0 Å². The lowest BCUT2D eigenvalue weighted by Gasteiger charge is -2.13. The Morgan fingerprint density at radius 3 is 1.79 bits per heavy atom. The van der Waals surface area contributed by atoms with E-state index in [1.807, 2.05) is 30.3 Å². The van der Waals surface area contributed by atoms with Crippen molar-refractivity contribution in [2.24, 2.45) is 0 Å². The Balaban J connectivity index is 1.31. The number of rotatable bonds is 5. The molecule has 1 aromatic heterocycles. The molecule has 0 saturated carbocycles. The zero-order chi connectivity index (χ0) is 28.7. The maximum atomic E-state index is 12.4. The van der Waals surface area contributed by atoms with Crippen molar-refractivity contribution in [1.82, 2.24) is 9.97 Å². The normalized spacial score (nSPS) is 11.7. The van der Waals surface area contributed by atoms with Crippen molar-refractivity contribution in [2.75, 3.05) is 13.3 Å². The minimum atomic E-state index is -2.27. The highest BCUT2D eigenvalue weighted by atomic mass is 31.2. The molecule has 0 unspecified atom stereocenters. The lowest BCUT2D eigenvalue weighted by molar-refractivity contribution is 0.588. The van der Waals surface area contributed by atoms with Crippen LogP contribution in [0.15, 0.2) is 140 Å². The molecule has 0 radical (unpaired) electrons. The maximum absolute atomic E-state index is 12.4. The molecule has 0 aliphatic carbocycles. The number of aromatic nitrogens is 2. The number of hydrogen-bond acceptors (Lipinski definition) is 3. The number of nitrogens with zero attached hydrogens (tertiary/aromatic N) is 2. The third-order valence-corrected chi connectivity index (χ3v) is 9.34. The summed E-state index contributed by atoms with van der Waals surface area (Å²) in [6.07, 6.45) is 0. The van der Waals surface area contributed by atoms with Gasteiger partial charge in [-0.15, -0.1) is 0 Å². The van der Waals surface area contributed by atoms with Crippen LogP contribution in [0.1, 0.15) is 0 Å². The van der Waals surface area contributed by atoms with Gasteiger partial charge in [-0.1, -0.05) is 127 Å². The number of fused-ring (bicyclic) bond motifs is 3. The smallest absolute Gasteiger partial charge is 0.160 e. The average Bonchev–Trinajstić information content (AvgIpc) is 3.04. The third kappa shape index (κ3) is 4.93. The second-order valence-corrected chi connectivity index (χ2v) is 14.2. The van der Waals surface area contributed by atoms with Gasteiger partial charge in [-0.2, -0.15) is 0 Å². The van der Waals surface area contributed by atoms with E-state index in [-0.39, 0.29) is 0 Å². The minimum absolute atomic E-state index is 0.720. The van der Waals surface area contributed by atoms with Crippen LogP contribution in [0.2, 0.25) is 0 Å². The van der Waals surface area contributed by atoms with Gasteiger partial charge in [0.2, 0.25) is 0 Å². The molecule has 0 amide bonds. The molecule has 0 bridgehead atoms. The lowest BCUT2D eigenvalue weighted by Crippen LogP contribution is -2.01. The Morgan fingerprint density at radius 1 is 0.476 bits per heavy atom. The van der Waals surface area contributed by atoms with E-state index in [4.69, 9.17) is 9.97 Å². The fourth-order valence-electron chi connectivity index (χ4n) is 5.51. The first kappa shape index (κ1) is 26.1. The summed E-state index contributed by atoms with van der Waals surface area (Å²) in [4.78, 5) is 10.2. The fourth-order valence-corrected chi connectivity index (χ4v) is 6.38. The summed E-state index contributed by atoms with van der Waals surface area (Å²) in [6, 6.07) is 48.1. The Kier molecular flexibility index (Phi) is 6.53. The molecule has 3 nitrogen and oxygen atoms in total. The Bertz CT molecular complexity index is 2110. The van der Waals surface area contributed by atoms with E-state index in [1.165, 1.54) is 0 Å². The summed E-state index contributed by atoms with van der Waals surface area (Å²) in [7, 11) is -2.27. The monoisotopic (exact) mass is 560 g/mol. The van der Waals surface area contributed by atoms with Crippen molar-refractivity contribution in [3.63, 3.8) is 0 Å². The average molecular weight is 561 g/mol. The maximum Gasteiger partial charge on any atom is 0.160 e. The summed E-state index contributed by atoms with van der Waals surface area (Å²) in [5.41, 5.74) is 8.43. The van der Waals surface area contributed by atoms with Gasteiger partial charge in [-0.3, -0.25) is 0 Å². The van der Waals surface area contributed by atoms with Crippen molar-refractivity contribution >= 4 is 34.1 Å². The molecule has 202 valence electrons. The van der Waals surface area contributed by atoms with Crippen LogP contribution in [0.4, 0.5) is 0 Å². The molecular formula is C38H29N2OP. The Morgan fingerprint density at radius 2 is 1.07 bits per heavy atom. The second kappa shape index (κ2) is 10.5. The third-order valence-electron chi connectivity index (χ3n) is 7.80. The van der Waals surface area contributed by atoms with Gasteiger partial charge in [-0.05, 0) is 53.1 Å². The van der Waals surface area contributed by atoms with Crippen LogP contribution in [0.5, 0.6) is 0 Å². The first-order valence-corrected chi connectivity index (χ1v) is 16.7. The zero-order valence-corrected chi connectivity index (χ0v) is 24.4. The SMILES string of the molecule is CP(C)(=O)c1ccc(-c2ccc(-c3cccc(-c4nc(-c5ccccc5)nc5c4ccc4ccccc45)c3)cc2)cc1. The molecular weight excluding hydrogens is 531 g/mol.